The number of phosphoric ester groups is 2. The highest BCUT2D eigenvalue weighted by atomic mass is 31.2. The standard InChI is InChI=1S/C80H156O17P2/c1-8-10-11-12-13-14-15-16-17-18-19-20-21-22-25-29-32-42-49-56-63-79(84)96-75(67-90-77(82)61-54-47-40-31-28-26-23-24-27-30-37-44-51-58-71(3)4)69-94-98(86,87)92-65-74(81)66-93-99(88,89)95-70-76(68-91-78(83)62-55-48-41-35-33-38-45-52-59-72(5)6)97-80(85)64-57-50-43-36-34-39-46-53-60-73(7)9-2/h71-76,81H,8-70H2,1-7H3,(H,86,87)(H,88,89)/t73?,74-,75-,76-/m1/s1. The van der Waals surface area contributed by atoms with Crippen molar-refractivity contribution in [3.8, 4) is 0 Å². The summed E-state index contributed by atoms with van der Waals surface area (Å²) in [6.45, 7) is 11.9. The predicted octanol–water partition coefficient (Wildman–Crippen LogP) is 23.7. The van der Waals surface area contributed by atoms with Gasteiger partial charge in [-0.3, -0.25) is 37.3 Å². The number of carbonyl (C=O) groups is 4. The summed E-state index contributed by atoms with van der Waals surface area (Å²) >= 11 is 0. The summed E-state index contributed by atoms with van der Waals surface area (Å²) in [5.41, 5.74) is 0. The molecular formula is C80H156O17P2. The van der Waals surface area contributed by atoms with Crippen LogP contribution in [0, 0.1) is 17.8 Å². The Morgan fingerprint density at radius 1 is 0.293 bits per heavy atom. The summed E-state index contributed by atoms with van der Waals surface area (Å²) in [4.78, 5) is 73.0. The molecule has 17 nitrogen and oxygen atoms in total. The molecule has 6 atom stereocenters. The maximum Gasteiger partial charge on any atom is 0.472 e. The highest BCUT2D eigenvalue weighted by Crippen LogP contribution is 2.45. The zero-order valence-electron chi connectivity index (χ0n) is 65.0. The number of ether oxygens (including phenoxy) is 4. The Hall–Kier alpha value is -1.94. The Balaban J connectivity index is 5.24. The van der Waals surface area contributed by atoms with Crippen LogP contribution in [0.1, 0.15) is 414 Å². The maximum absolute atomic E-state index is 13.1. The van der Waals surface area contributed by atoms with Crippen LogP contribution in [0.4, 0.5) is 0 Å². The third kappa shape index (κ3) is 72.8. The summed E-state index contributed by atoms with van der Waals surface area (Å²) in [7, 11) is -9.92. The van der Waals surface area contributed by atoms with Gasteiger partial charge in [-0.2, -0.15) is 0 Å². The van der Waals surface area contributed by atoms with Crippen LogP contribution in [0.25, 0.3) is 0 Å². The van der Waals surface area contributed by atoms with Gasteiger partial charge in [-0.15, -0.1) is 0 Å². The van der Waals surface area contributed by atoms with E-state index in [9.17, 15) is 43.2 Å². The fraction of sp³-hybridized carbons (Fsp3) is 0.950. The predicted molar refractivity (Wildman–Crippen MR) is 405 cm³/mol. The first-order valence-corrected chi connectivity index (χ1v) is 44.4. The third-order valence-electron chi connectivity index (χ3n) is 19.0. The minimum atomic E-state index is -4.96. The molecule has 3 N–H and O–H groups in total. The number of esters is 4. The normalized spacial score (nSPS) is 14.3. The molecule has 0 saturated heterocycles. The second-order valence-corrected chi connectivity index (χ2v) is 32.9. The zero-order valence-corrected chi connectivity index (χ0v) is 66.8. The van der Waals surface area contributed by atoms with Gasteiger partial charge < -0.3 is 33.8 Å². The van der Waals surface area contributed by atoms with Crippen molar-refractivity contribution in [1.82, 2.24) is 0 Å². The number of hydrogen-bond donors (Lipinski definition) is 3. The fourth-order valence-corrected chi connectivity index (χ4v) is 13.9. The summed E-state index contributed by atoms with van der Waals surface area (Å²) in [6.07, 6.45) is 58.3. The van der Waals surface area contributed by atoms with Crippen LogP contribution in [-0.2, 0) is 65.4 Å². The van der Waals surface area contributed by atoms with Crippen molar-refractivity contribution >= 4 is 39.5 Å². The molecule has 0 aliphatic carbocycles. The lowest BCUT2D eigenvalue weighted by Crippen LogP contribution is -2.30. The van der Waals surface area contributed by atoms with Gasteiger partial charge in [-0.1, -0.05) is 363 Å². The molecule has 0 spiro atoms. The largest absolute Gasteiger partial charge is 0.472 e. The van der Waals surface area contributed by atoms with E-state index >= 15 is 0 Å². The van der Waals surface area contributed by atoms with Gasteiger partial charge in [0, 0.05) is 25.7 Å². The van der Waals surface area contributed by atoms with Crippen LogP contribution >= 0.6 is 15.6 Å². The second-order valence-electron chi connectivity index (χ2n) is 30.0. The first kappa shape index (κ1) is 97.1. The number of rotatable bonds is 78. The van der Waals surface area contributed by atoms with Crippen LogP contribution in [0.5, 0.6) is 0 Å². The van der Waals surface area contributed by atoms with E-state index in [0.717, 1.165) is 108 Å². The van der Waals surface area contributed by atoms with Crippen LogP contribution in [0.15, 0.2) is 0 Å². The quantitative estimate of drug-likeness (QED) is 0.0222. The Morgan fingerprint density at radius 3 is 0.768 bits per heavy atom. The number of phosphoric acid groups is 2. The number of carbonyl (C=O) groups excluding carboxylic acids is 4. The summed E-state index contributed by atoms with van der Waals surface area (Å²) in [5, 5.41) is 10.6. The molecule has 0 saturated carbocycles. The lowest BCUT2D eigenvalue weighted by molar-refractivity contribution is -0.161. The Kier molecular flexibility index (Phi) is 69.0. The van der Waals surface area contributed by atoms with E-state index in [-0.39, 0.29) is 25.7 Å². The van der Waals surface area contributed by atoms with Gasteiger partial charge in [0.15, 0.2) is 12.2 Å². The van der Waals surface area contributed by atoms with Crippen molar-refractivity contribution < 1.29 is 80.2 Å². The second kappa shape index (κ2) is 70.4. The first-order chi connectivity index (χ1) is 47.8. The van der Waals surface area contributed by atoms with E-state index in [1.165, 1.54) is 225 Å². The Morgan fingerprint density at radius 2 is 0.515 bits per heavy atom. The molecule has 588 valence electrons. The molecule has 0 aliphatic rings. The van der Waals surface area contributed by atoms with Gasteiger partial charge in [0.1, 0.15) is 19.3 Å². The van der Waals surface area contributed by atoms with E-state index < -0.39 is 97.5 Å². The molecular weight excluding hydrogens is 1290 g/mol. The van der Waals surface area contributed by atoms with Crippen LogP contribution in [-0.4, -0.2) is 96.7 Å². The molecule has 0 aromatic heterocycles. The maximum atomic E-state index is 13.1. The minimum absolute atomic E-state index is 0.104. The molecule has 0 aromatic rings. The Labute approximate surface area is 607 Å². The molecule has 0 amide bonds. The summed E-state index contributed by atoms with van der Waals surface area (Å²) < 4.78 is 68.7. The lowest BCUT2D eigenvalue weighted by atomic mass is 9.99. The van der Waals surface area contributed by atoms with Gasteiger partial charge in [0.2, 0.25) is 0 Å². The van der Waals surface area contributed by atoms with E-state index in [1.54, 1.807) is 0 Å². The molecule has 0 aliphatic heterocycles. The van der Waals surface area contributed by atoms with Crippen LogP contribution in [0.2, 0.25) is 0 Å². The van der Waals surface area contributed by atoms with Crippen LogP contribution in [0.3, 0.4) is 0 Å². The average molecular weight is 1450 g/mol. The number of unbranched alkanes of at least 4 members (excludes halogenated alkanes) is 45. The van der Waals surface area contributed by atoms with Gasteiger partial charge in [0.05, 0.1) is 26.4 Å². The average Bonchev–Trinajstić information content (AvgIpc) is 1.02. The summed E-state index contributed by atoms with van der Waals surface area (Å²) in [6, 6.07) is 0. The molecule has 0 aromatic carbocycles. The number of aliphatic hydroxyl groups is 1. The lowest BCUT2D eigenvalue weighted by Gasteiger charge is -2.21. The molecule has 0 radical (unpaired) electrons. The van der Waals surface area contributed by atoms with Crippen LogP contribution < -0.4 is 0 Å². The van der Waals surface area contributed by atoms with E-state index in [4.69, 9.17) is 37.0 Å². The first-order valence-electron chi connectivity index (χ1n) is 41.4. The zero-order chi connectivity index (χ0) is 73.0. The molecule has 19 heteroatoms. The van der Waals surface area contributed by atoms with Gasteiger partial charge in [-0.05, 0) is 43.4 Å². The molecule has 3 unspecified atom stereocenters. The fourth-order valence-electron chi connectivity index (χ4n) is 12.3. The topological polar surface area (TPSA) is 237 Å². The van der Waals surface area contributed by atoms with Crippen molar-refractivity contribution in [1.29, 1.82) is 0 Å². The highest BCUT2D eigenvalue weighted by Gasteiger charge is 2.30. The molecule has 99 heavy (non-hydrogen) atoms. The van der Waals surface area contributed by atoms with Crippen molar-refractivity contribution in [2.24, 2.45) is 17.8 Å². The molecule has 0 rings (SSSR count). The molecule has 0 bridgehead atoms. The monoisotopic (exact) mass is 1450 g/mol. The highest BCUT2D eigenvalue weighted by molar-refractivity contribution is 7.47. The SMILES string of the molecule is CCCCCCCCCCCCCCCCCCCCCCC(=O)O[C@H](COC(=O)CCCCCCCCCCCCCCCC(C)C)COP(=O)(O)OC[C@@H](O)COP(=O)(O)OC[C@@H](COC(=O)CCCCCCCCCCC(C)C)OC(=O)CCCCCCCCCCC(C)CC. The minimum Gasteiger partial charge on any atom is -0.462 e. The van der Waals surface area contributed by atoms with E-state index in [2.05, 4.69) is 48.5 Å². The number of hydrogen-bond acceptors (Lipinski definition) is 15. The van der Waals surface area contributed by atoms with Crippen molar-refractivity contribution in [3.05, 3.63) is 0 Å². The van der Waals surface area contributed by atoms with E-state index in [0.29, 0.717) is 25.7 Å². The van der Waals surface area contributed by atoms with Gasteiger partial charge in [-0.25, -0.2) is 9.13 Å². The number of aliphatic hydroxyl groups excluding tert-OH is 1. The molecule has 0 heterocycles. The Bertz CT molecular complexity index is 1920. The smallest absolute Gasteiger partial charge is 0.462 e. The third-order valence-corrected chi connectivity index (χ3v) is 20.9. The van der Waals surface area contributed by atoms with Crippen molar-refractivity contribution in [2.75, 3.05) is 39.6 Å². The van der Waals surface area contributed by atoms with Crippen molar-refractivity contribution in [3.63, 3.8) is 0 Å². The van der Waals surface area contributed by atoms with E-state index in [1.807, 2.05) is 0 Å². The van der Waals surface area contributed by atoms with Gasteiger partial charge in [0.25, 0.3) is 0 Å². The van der Waals surface area contributed by atoms with Crippen molar-refractivity contribution in [2.45, 2.75) is 433 Å². The summed E-state index contributed by atoms with van der Waals surface area (Å²) in [5.74, 6) is 0.172. The molecule has 0 fully saturated rings. The van der Waals surface area contributed by atoms with Gasteiger partial charge >= 0.3 is 39.5 Å².